The molecule has 1 unspecified atom stereocenters. The summed E-state index contributed by atoms with van der Waals surface area (Å²) in [4.78, 5) is 35.4. The van der Waals surface area contributed by atoms with Gasteiger partial charge in [-0.1, -0.05) is 61.2 Å². The molecule has 3 aromatic carbocycles. The van der Waals surface area contributed by atoms with Gasteiger partial charge in [0, 0.05) is 11.6 Å². The smallest absolute Gasteiger partial charge is 0.273 e. The summed E-state index contributed by atoms with van der Waals surface area (Å²) in [5.41, 5.74) is 9.52. The number of carbonyl (C=O) groups is 2. The largest absolute Gasteiger partial charge is 0.416 e. The predicted octanol–water partition coefficient (Wildman–Crippen LogP) is 6.24. The average molecular weight is 608 g/mol. The summed E-state index contributed by atoms with van der Waals surface area (Å²) in [5.74, 6) is 0.488. The summed E-state index contributed by atoms with van der Waals surface area (Å²) < 4.78 is 40.0. The molecular weight excluding hydrogens is 579 g/mol. The fourth-order valence-electron chi connectivity index (χ4n) is 4.60. The van der Waals surface area contributed by atoms with E-state index in [2.05, 4.69) is 25.9 Å². The van der Waals surface area contributed by atoms with Crippen LogP contribution >= 0.6 is 11.8 Å². The molecule has 2 heterocycles. The van der Waals surface area contributed by atoms with Gasteiger partial charge in [0.25, 0.3) is 0 Å². The molecule has 0 spiro atoms. The summed E-state index contributed by atoms with van der Waals surface area (Å²) in [5, 5.41) is 4.71. The van der Waals surface area contributed by atoms with E-state index in [-0.39, 0.29) is 17.7 Å². The van der Waals surface area contributed by atoms with Crippen LogP contribution in [0.4, 0.5) is 23.7 Å². The first-order valence-corrected chi connectivity index (χ1v) is 14.4. The Kier molecular flexibility index (Phi) is 8.64. The van der Waals surface area contributed by atoms with Crippen molar-refractivity contribution in [2.45, 2.75) is 39.4 Å². The van der Waals surface area contributed by atoms with Gasteiger partial charge in [-0.05, 0) is 61.2 Å². The number of benzene rings is 3. The van der Waals surface area contributed by atoms with E-state index >= 15 is 0 Å². The fourth-order valence-corrected chi connectivity index (χ4v) is 5.45. The topological polar surface area (TPSA) is 105 Å². The number of thioether (sulfide) groups is 1. The number of hydrogen-bond acceptors (Lipinski definition) is 6. The maximum absolute atomic E-state index is 12.8. The van der Waals surface area contributed by atoms with Gasteiger partial charge in [0.05, 0.1) is 22.7 Å². The highest BCUT2D eigenvalue weighted by atomic mass is 32.2. The Morgan fingerprint density at radius 3 is 2.49 bits per heavy atom. The van der Waals surface area contributed by atoms with E-state index < -0.39 is 17.8 Å². The van der Waals surface area contributed by atoms with E-state index in [4.69, 9.17) is 0 Å². The van der Waals surface area contributed by atoms with E-state index in [0.717, 1.165) is 40.9 Å². The van der Waals surface area contributed by atoms with Crippen LogP contribution in [0.25, 0.3) is 17.1 Å². The van der Waals surface area contributed by atoms with Crippen LogP contribution in [-0.2, 0) is 17.4 Å². The van der Waals surface area contributed by atoms with Gasteiger partial charge >= 0.3 is 12.2 Å². The summed E-state index contributed by atoms with van der Waals surface area (Å²) in [6.45, 7) is 5.80. The van der Waals surface area contributed by atoms with Crippen molar-refractivity contribution in [3.05, 3.63) is 95.3 Å². The number of halogens is 3. The molecule has 9 nitrogen and oxygen atoms in total. The van der Waals surface area contributed by atoms with Crippen molar-refractivity contribution in [2.75, 3.05) is 10.7 Å². The number of hydrazine groups is 1. The van der Waals surface area contributed by atoms with Crippen LogP contribution in [0.1, 0.15) is 42.1 Å². The van der Waals surface area contributed by atoms with Crippen molar-refractivity contribution in [1.29, 1.82) is 0 Å². The van der Waals surface area contributed by atoms with Crippen LogP contribution < -0.4 is 15.8 Å². The zero-order chi connectivity index (χ0) is 30.7. The Hall–Kier alpha value is -4.49. The molecule has 222 valence electrons. The lowest BCUT2D eigenvalue weighted by Crippen LogP contribution is -2.39. The zero-order valence-corrected chi connectivity index (χ0v) is 24.3. The van der Waals surface area contributed by atoms with E-state index in [1.807, 2.05) is 63.2 Å². The number of aliphatic imine (C=N–C) groups is 1. The molecule has 43 heavy (non-hydrogen) atoms. The molecule has 0 saturated carbocycles. The van der Waals surface area contributed by atoms with Crippen molar-refractivity contribution >= 4 is 34.6 Å². The fraction of sp³-hybridized carbons (Fsp3) is 0.233. The molecule has 5 rings (SSSR count). The van der Waals surface area contributed by atoms with Gasteiger partial charge in [0.1, 0.15) is 6.33 Å². The minimum atomic E-state index is -4.41. The third kappa shape index (κ3) is 6.62. The lowest BCUT2D eigenvalue weighted by atomic mass is 10.0. The Morgan fingerprint density at radius 1 is 1.09 bits per heavy atom. The molecule has 1 aromatic heterocycles. The van der Waals surface area contributed by atoms with Crippen molar-refractivity contribution in [3.8, 4) is 17.1 Å². The van der Waals surface area contributed by atoms with Gasteiger partial charge in [0.15, 0.2) is 11.0 Å². The number of para-hydroxylation sites is 1. The first-order chi connectivity index (χ1) is 20.5. The quantitative estimate of drug-likeness (QED) is 0.241. The van der Waals surface area contributed by atoms with E-state index in [9.17, 15) is 22.8 Å². The second-order valence-electron chi connectivity index (χ2n) is 9.82. The summed E-state index contributed by atoms with van der Waals surface area (Å²) in [6, 6.07) is 16.9. The number of hydrogen-bond donors (Lipinski definition) is 2. The van der Waals surface area contributed by atoms with Gasteiger partial charge in [-0.15, -0.1) is 5.10 Å². The average Bonchev–Trinajstić information content (AvgIpc) is 3.63. The molecule has 0 bridgehead atoms. The van der Waals surface area contributed by atoms with Gasteiger partial charge < -0.3 is 0 Å². The normalized spacial score (nSPS) is 15.3. The summed E-state index contributed by atoms with van der Waals surface area (Å²) in [7, 11) is 0. The number of amidine groups is 1. The van der Waals surface area contributed by atoms with E-state index in [0.29, 0.717) is 22.2 Å². The third-order valence-corrected chi connectivity index (χ3v) is 7.83. The van der Waals surface area contributed by atoms with Crippen LogP contribution in [0, 0.1) is 6.92 Å². The molecule has 1 saturated heterocycles. The number of carbonyl (C=O) groups excluding carboxylic acids is 2. The van der Waals surface area contributed by atoms with E-state index in [1.165, 1.54) is 39.8 Å². The van der Waals surface area contributed by atoms with Crippen LogP contribution in [0.3, 0.4) is 0 Å². The van der Waals surface area contributed by atoms with Crippen molar-refractivity contribution in [2.24, 2.45) is 4.99 Å². The molecule has 1 atom stereocenters. The minimum absolute atomic E-state index is 0.124. The third-order valence-electron chi connectivity index (χ3n) is 6.90. The molecular formula is C30H28F3N7O2S. The second-order valence-corrected chi connectivity index (χ2v) is 10.8. The monoisotopic (exact) mass is 607 g/mol. The highest BCUT2D eigenvalue weighted by molar-refractivity contribution is 8.15. The lowest BCUT2D eigenvalue weighted by molar-refractivity contribution is -0.137. The minimum Gasteiger partial charge on any atom is -0.273 e. The molecule has 4 aromatic rings. The Morgan fingerprint density at radius 2 is 1.81 bits per heavy atom. The number of aromatic nitrogens is 3. The van der Waals surface area contributed by atoms with Gasteiger partial charge in [-0.3, -0.25) is 15.1 Å². The highest BCUT2D eigenvalue weighted by Gasteiger charge is 2.33. The number of nitrogens with one attached hydrogen (secondary N) is 2. The predicted molar refractivity (Wildman–Crippen MR) is 160 cm³/mol. The number of anilines is 1. The molecule has 2 N–H and O–H groups in total. The van der Waals surface area contributed by atoms with Crippen molar-refractivity contribution in [3.63, 3.8) is 0 Å². The molecule has 1 aliphatic rings. The number of nitrogens with zero attached hydrogens (tertiary/aromatic N) is 5. The number of amides is 3. The molecule has 13 heteroatoms. The Balaban J connectivity index is 1.21. The molecule has 0 aliphatic carbocycles. The lowest BCUT2D eigenvalue weighted by Gasteiger charge is -2.21. The zero-order valence-electron chi connectivity index (χ0n) is 23.5. The highest BCUT2D eigenvalue weighted by Crippen LogP contribution is 2.33. The number of urea groups is 1. The molecule has 1 aliphatic heterocycles. The van der Waals surface area contributed by atoms with Crippen LogP contribution in [0.5, 0.6) is 0 Å². The number of rotatable bonds is 7. The van der Waals surface area contributed by atoms with E-state index in [1.54, 1.807) is 0 Å². The van der Waals surface area contributed by atoms with Gasteiger partial charge in [-0.25, -0.2) is 19.9 Å². The maximum atomic E-state index is 12.8. The van der Waals surface area contributed by atoms with Gasteiger partial charge in [0.2, 0.25) is 5.91 Å². The summed E-state index contributed by atoms with van der Waals surface area (Å²) in [6.07, 6.45) is -2.24. The molecule has 3 amide bonds. The Labute approximate surface area is 250 Å². The van der Waals surface area contributed by atoms with Crippen molar-refractivity contribution in [1.82, 2.24) is 25.6 Å². The van der Waals surface area contributed by atoms with Crippen LogP contribution in [-0.4, -0.2) is 37.6 Å². The van der Waals surface area contributed by atoms with Crippen LogP contribution in [0.15, 0.2) is 78.0 Å². The first-order valence-electron chi connectivity index (χ1n) is 13.4. The molecule has 1 fully saturated rings. The van der Waals surface area contributed by atoms with Crippen molar-refractivity contribution < 1.29 is 22.8 Å². The summed E-state index contributed by atoms with van der Waals surface area (Å²) >= 11 is 1.22. The second kappa shape index (κ2) is 12.4. The molecule has 0 radical (unpaired) electrons. The first kappa shape index (κ1) is 30.0. The Bertz CT molecular complexity index is 1670. The van der Waals surface area contributed by atoms with Crippen LogP contribution in [0.2, 0.25) is 0 Å². The maximum Gasteiger partial charge on any atom is 0.416 e. The standard InChI is InChI=1S/C30H28F3N7O2S/c1-4-20-7-5-6-18(2)26(20)40-25(41)16-43-29(40)35-28(42)37-36-19(3)21-8-10-22(11-9-21)27-34-17-39(38-27)24-14-12-23(13-15-24)30(31,32)33/h5-15,17,19,36H,4,16H2,1-3H3,(H,37,42). The SMILES string of the molecule is CCc1cccc(C)c1N1C(=O)CSC1=NC(=O)NNC(C)c1ccc(-c2ncn(-c3ccc(C(F)(F)F)cc3)n2)cc1. The number of aryl methyl sites for hydroxylation is 2. The van der Waals surface area contributed by atoms with Gasteiger partial charge in [-0.2, -0.15) is 18.2 Å². The number of alkyl halides is 3.